The zero-order valence-corrected chi connectivity index (χ0v) is 14.0. The van der Waals surface area contributed by atoms with Crippen LogP contribution in [0.3, 0.4) is 0 Å². The Hall–Kier alpha value is -1.36. The molecule has 0 bridgehead atoms. The van der Waals surface area contributed by atoms with Gasteiger partial charge >= 0.3 is 0 Å². The van der Waals surface area contributed by atoms with E-state index in [1.807, 2.05) is 18.4 Å². The molecule has 2 rings (SSSR count). The SMILES string of the molecule is Cc1nc(/C=C/C(=O)N(C)Cc2ccc(Cl)c(Cl)c2)cs1. The molecule has 1 heterocycles. The van der Waals surface area contributed by atoms with Crippen molar-refractivity contribution in [2.24, 2.45) is 0 Å². The smallest absolute Gasteiger partial charge is 0.246 e. The minimum atomic E-state index is -0.0910. The van der Waals surface area contributed by atoms with Crippen LogP contribution in [0, 0.1) is 6.92 Å². The van der Waals surface area contributed by atoms with Gasteiger partial charge in [-0.25, -0.2) is 4.98 Å². The summed E-state index contributed by atoms with van der Waals surface area (Å²) in [7, 11) is 1.74. The molecule has 0 unspecified atom stereocenters. The molecule has 0 saturated carbocycles. The Morgan fingerprint density at radius 3 is 2.76 bits per heavy atom. The van der Waals surface area contributed by atoms with Crippen molar-refractivity contribution in [1.29, 1.82) is 0 Å². The number of hydrogen-bond donors (Lipinski definition) is 0. The average Bonchev–Trinajstić information content (AvgIpc) is 2.86. The summed E-state index contributed by atoms with van der Waals surface area (Å²) in [5, 5.41) is 3.89. The Morgan fingerprint density at radius 2 is 2.14 bits per heavy atom. The molecular formula is C15H14Cl2N2OS. The van der Waals surface area contributed by atoms with Gasteiger partial charge in [0.15, 0.2) is 0 Å². The molecule has 0 spiro atoms. The van der Waals surface area contributed by atoms with Crippen molar-refractivity contribution in [3.05, 3.63) is 56.0 Å². The number of aromatic nitrogens is 1. The van der Waals surface area contributed by atoms with Crippen LogP contribution in [0.2, 0.25) is 10.0 Å². The van der Waals surface area contributed by atoms with Crippen molar-refractivity contribution in [1.82, 2.24) is 9.88 Å². The summed E-state index contributed by atoms with van der Waals surface area (Å²) in [5.74, 6) is -0.0910. The number of likely N-dealkylation sites (N-methyl/N-ethyl adjacent to an activating group) is 1. The second-order valence-corrected chi connectivity index (χ2v) is 6.44. The zero-order chi connectivity index (χ0) is 15.4. The van der Waals surface area contributed by atoms with Gasteiger partial charge in [0, 0.05) is 25.0 Å². The predicted octanol–water partition coefficient (Wildman–Crippen LogP) is 4.43. The lowest BCUT2D eigenvalue weighted by molar-refractivity contribution is -0.125. The van der Waals surface area contributed by atoms with Crippen molar-refractivity contribution in [2.75, 3.05) is 7.05 Å². The highest BCUT2D eigenvalue weighted by atomic mass is 35.5. The first kappa shape index (κ1) is 16.0. The number of rotatable bonds is 4. The van der Waals surface area contributed by atoms with E-state index in [0.29, 0.717) is 16.6 Å². The second-order valence-electron chi connectivity index (χ2n) is 4.57. The summed E-state index contributed by atoms with van der Waals surface area (Å²) in [6.07, 6.45) is 3.24. The van der Waals surface area contributed by atoms with E-state index in [1.165, 1.54) is 6.08 Å². The summed E-state index contributed by atoms with van der Waals surface area (Å²) in [5.41, 5.74) is 1.73. The third-order valence-electron chi connectivity index (χ3n) is 2.81. The van der Waals surface area contributed by atoms with Crippen LogP contribution in [-0.4, -0.2) is 22.8 Å². The molecule has 110 valence electrons. The number of aryl methyl sites for hydroxylation is 1. The summed E-state index contributed by atoms with van der Waals surface area (Å²) in [6, 6.07) is 5.35. The van der Waals surface area contributed by atoms with Crippen molar-refractivity contribution in [3.8, 4) is 0 Å². The molecule has 2 aromatic rings. The van der Waals surface area contributed by atoms with Crippen molar-refractivity contribution < 1.29 is 4.79 Å². The first-order chi connectivity index (χ1) is 9.95. The van der Waals surface area contributed by atoms with Crippen LogP contribution in [0.5, 0.6) is 0 Å². The first-order valence-electron chi connectivity index (χ1n) is 6.25. The maximum atomic E-state index is 12.0. The minimum Gasteiger partial charge on any atom is -0.338 e. The number of benzene rings is 1. The molecule has 0 N–H and O–H groups in total. The number of thiazole rings is 1. The number of halogens is 2. The molecule has 0 aliphatic carbocycles. The van der Waals surface area contributed by atoms with E-state index >= 15 is 0 Å². The summed E-state index contributed by atoms with van der Waals surface area (Å²) in [4.78, 5) is 17.9. The van der Waals surface area contributed by atoms with Gasteiger partial charge < -0.3 is 4.90 Å². The fourth-order valence-electron chi connectivity index (χ4n) is 1.73. The number of carbonyl (C=O) groups is 1. The first-order valence-corrected chi connectivity index (χ1v) is 7.88. The van der Waals surface area contributed by atoms with Crippen LogP contribution in [0.1, 0.15) is 16.3 Å². The highest BCUT2D eigenvalue weighted by molar-refractivity contribution is 7.09. The topological polar surface area (TPSA) is 33.2 Å². The van der Waals surface area contributed by atoms with Gasteiger partial charge in [-0.2, -0.15) is 0 Å². The highest BCUT2D eigenvalue weighted by Gasteiger charge is 2.07. The van der Waals surface area contributed by atoms with Crippen LogP contribution < -0.4 is 0 Å². The third-order valence-corrected chi connectivity index (χ3v) is 4.34. The van der Waals surface area contributed by atoms with Crippen LogP contribution >= 0.6 is 34.5 Å². The minimum absolute atomic E-state index is 0.0910. The van der Waals surface area contributed by atoms with Gasteiger partial charge in [-0.1, -0.05) is 29.3 Å². The van der Waals surface area contributed by atoms with Gasteiger partial charge in [-0.15, -0.1) is 11.3 Å². The number of carbonyl (C=O) groups excluding carboxylic acids is 1. The van der Waals surface area contributed by atoms with Crippen molar-refractivity contribution in [3.63, 3.8) is 0 Å². The van der Waals surface area contributed by atoms with E-state index in [9.17, 15) is 4.79 Å². The van der Waals surface area contributed by atoms with E-state index in [0.717, 1.165) is 16.3 Å². The predicted molar refractivity (Wildman–Crippen MR) is 88.8 cm³/mol. The van der Waals surface area contributed by atoms with E-state index in [4.69, 9.17) is 23.2 Å². The lowest BCUT2D eigenvalue weighted by atomic mass is 10.2. The van der Waals surface area contributed by atoms with Crippen molar-refractivity contribution >= 4 is 46.5 Å². The maximum Gasteiger partial charge on any atom is 0.246 e. The summed E-state index contributed by atoms with van der Waals surface area (Å²) >= 11 is 13.4. The van der Waals surface area contributed by atoms with Crippen molar-refractivity contribution in [2.45, 2.75) is 13.5 Å². The van der Waals surface area contributed by atoms with Gasteiger partial charge in [-0.3, -0.25) is 4.79 Å². The molecule has 0 radical (unpaired) electrons. The zero-order valence-electron chi connectivity index (χ0n) is 11.6. The Kier molecular flexibility index (Phi) is 5.39. The molecular weight excluding hydrogens is 327 g/mol. The molecule has 0 saturated heterocycles. The summed E-state index contributed by atoms with van der Waals surface area (Å²) < 4.78 is 0. The van der Waals surface area contributed by atoms with Gasteiger partial charge in [0.05, 0.1) is 20.7 Å². The number of nitrogens with zero attached hydrogens (tertiary/aromatic N) is 2. The molecule has 1 aromatic heterocycles. The number of amides is 1. The Bertz CT molecular complexity index is 682. The average molecular weight is 341 g/mol. The number of hydrogen-bond acceptors (Lipinski definition) is 3. The maximum absolute atomic E-state index is 12.0. The lowest BCUT2D eigenvalue weighted by Crippen LogP contribution is -2.24. The van der Waals surface area contributed by atoms with E-state index in [-0.39, 0.29) is 5.91 Å². The van der Waals surface area contributed by atoms with Gasteiger partial charge in [0.2, 0.25) is 5.91 Å². The molecule has 0 atom stereocenters. The second kappa shape index (κ2) is 7.07. The Morgan fingerprint density at radius 1 is 1.38 bits per heavy atom. The standard InChI is InChI=1S/C15H14Cl2N2OS/c1-10-18-12(9-21-10)4-6-15(20)19(2)8-11-3-5-13(16)14(17)7-11/h3-7,9H,8H2,1-2H3/b6-4+. The van der Waals surface area contributed by atoms with E-state index < -0.39 is 0 Å². The monoisotopic (exact) mass is 340 g/mol. The lowest BCUT2D eigenvalue weighted by Gasteiger charge is -2.15. The van der Waals surface area contributed by atoms with E-state index in [1.54, 1.807) is 41.5 Å². The molecule has 0 aliphatic rings. The van der Waals surface area contributed by atoms with Gasteiger partial charge in [-0.05, 0) is 30.7 Å². The molecule has 3 nitrogen and oxygen atoms in total. The molecule has 1 aromatic carbocycles. The molecule has 1 amide bonds. The quantitative estimate of drug-likeness (QED) is 0.771. The molecule has 21 heavy (non-hydrogen) atoms. The van der Waals surface area contributed by atoms with E-state index in [2.05, 4.69) is 4.98 Å². The van der Waals surface area contributed by atoms with Gasteiger partial charge in [0.1, 0.15) is 0 Å². The van der Waals surface area contributed by atoms with Crippen LogP contribution in [0.15, 0.2) is 29.7 Å². The molecule has 0 aliphatic heterocycles. The van der Waals surface area contributed by atoms with Crippen LogP contribution in [0.4, 0.5) is 0 Å². The summed E-state index contributed by atoms with van der Waals surface area (Å²) in [6.45, 7) is 2.40. The highest BCUT2D eigenvalue weighted by Crippen LogP contribution is 2.23. The fraction of sp³-hybridized carbons (Fsp3) is 0.200. The van der Waals surface area contributed by atoms with Crippen LogP contribution in [0.25, 0.3) is 6.08 Å². The third kappa shape index (κ3) is 4.56. The largest absolute Gasteiger partial charge is 0.338 e. The fourth-order valence-corrected chi connectivity index (χ4v) is 2.63. The van der Waals surface area contributed by atoms with Crippen LogP contribution in [-0.2, 0) is 11.3 Å². The molecule has 6 heteroatoms. The Balaban J connectivity index is 1.99. The van der Waals surface area contributed by atoms with Gasteiger partial charge in [0.25, 0.3) is 0 Å². The molecule has 0 fully saturated rings. The Labute approximate surface area is 137 Å². The normalized spacial score (nSPS) is 11.0.